The third-order valence-corrected chi connectivity index (χ3v) is 2.96. The lowest BCUT2D eigenvalue weighted by atomic mass is 9.96. The van der Waals surface area contributed by atoms with E-state index in [9.17, 15) is 9.90 Å². The van der Waals surface area contributed by atoms with Gasteiger partial charge in [0, 0.05) is 0 Å². The average molecular weight is 256 g/mol. The van der Waals surface area contributed by atoms with Crippen molar-refractivity contribution in [2.24, 2.45) is 0 Å². The number of aromatic carboxylic acids is 1. The Balaban J connectivity index is 2.50. The van der Waals surface area contributed by atoms with Crippen LogP contribution in [0.15, 0.2) is 42.5 Å². The van der Waals surface area contributed by atoms with E-state index in [1.807, 2.05) is 44.2 Å². The molecule has 0 spiro atoms. The van der Waals surface area contributed by atoms with Gasteiger partial charge in [0.1, 0.15) is 5.75 Å². The lowest BCUT2D eigenvalue weighted by Crippen LogP contribution is -2.00. The van der Waals surface area contributed by atoms with E-state index in [4.69, 9.17) is 4.74 Å². The SMILES string of the molecule is CCOc1ccc(-c2ccccc2C(=O)O)c(C)c1. The van der Waals surface area contributed by atoms with Crippen LogP contribution < -0.4 is 4.74 Å². The summed E-state index contributed by atoms with van der Waals surface area (Å²) in [5.74, 6) is -0.111. The van der Waals surface area contributed by atoms with Gasteiger partial charge in [-0.1, -0.05) is 24.3 Å². The Morgan fingerprint density at radius 1 is 1.16 bits per heavy atom. The van der Waals surface area contributed by atoms with Crippen LogP contribution in [0.3, 0.4) is 0 Å². The molecule has 0 amide bonds. The molecule has 3 nitrogen and oxygen atoms in total. The van der Waals surface area contributed by atoms with Crippen molar-refractivity contribution in [3.8, 4) is 16.9 Å². The zero-order valence-electron chi connectivity index (χ0n) is 11.0. The van der Waals surface area contributed by atoms with Gasteiger partial charge in [0.25, 0.3) is 0 Å². The Morgan fingerprint density at radius 2 is 1.89 bits per heavy atom. The van der Waals surface area contributed by atoms with Crippen LogP contribution in [0.1, 0.15) is 22.8 Å². The van der Waals surface area contributed by atoms with Crippen LogP contribution in [-0.4, -0.2) is 17.7 Å². The smallest absolute Gasteiger partial charge is 0.336 e. The highest BCUT2D eigenvalue weighted by Crippen LogP contribution is 2.29. The predicted molar refractivity (Wildman–Crippen MR) is 74.7 cm³/mol. The molecule has 2 aromatic rings. The van der Waals surface area contributed by atoms with E-state index in [1.165, 1.54) is 0 Å². The maximum atomic E-state index is 11.3. The molecule has 0 unspecified atom stereocenters. The normalized spacial score (nSPS) is 10.2. The van der Waals surface area contributed by atoms with Crippen molar-refractivity contribution in [2.75, 3.05) is 6.61 Å². The monoisotopic (exact) mass is 256 g/mol. The van der Waals surface area contributed by atoms with Crippen molar-refractivity contribution in [2.45, 2.75) is 13.8 Å². The first-order valence-corrected chi connectivity index (χ1v) is 6.19. The van der Waals surface area contributed by atoms with Crippen molar-refractivity contribution in [3.63, 3.8) is 0 Å². The fraction of sp³-hybridized carbons (Fsp3) is 0.188. The highest BCUT2D eigenvalue weighted by molar-refractivity contribution is 5.96. The zero-order valence-corrected chi connectivity index (χ0v) is 11.0. The highest BCUT2D eigenvalue weighted by Gasteiger charge is 2.12. The first kappa shape index (κ1) is 13.1. The van der Waals surface area contributed by atoms with Gasteiger partial charge in [-0.3, -0.25) is 0 Å². The van der Waals surface area contributed by atoms with Crippen LogP contribution in [0.5, 0.6) is 5.75 Å². The van der Waals surface area contributed by atoms with Crippen LogP contribution in [0, 0.1) is 6.92 Å². The molecule has 0 fully saturated rings. The lowest BCUT2D eigenvalue weighted by molar-refractivity contribution is 0.0697. The summed E-state index contributed by atoms with van der Waals surface area (Å²) in [5, 5.41) is 9.23. The van der Waals surface area contributed by atoms with E-state index >= 15 is 0 Å². The Hall–Kier alpha value is -2.29. The predicted octanol–water partition coefficient (Wildman–Crippen LogP) is 3.76. The Bertz CT molecular complexity index is 603. The van der Waals surface area contributed by atoms with E-state index in [0.29, 0.717) is 12.2 Å². The minimum atomic E-state index is -0.913. The van der Waals surface area contributed by atoms with Crippen molar-refractivity contribution >= 4 is 5.97 Å². The van der Waals surface area contributed by atoms with E-state index in [1.54, 1.807) is 12.1 Å². The number of hydrogen-bond donors (Lipinski definition) is 1. The van der Waals surface area contributed by atoms with Gasteiger partial charge in [0.2, 0.25) is 0 Å². The number of carboxylic acids is 1. The minimum Gasteiger partial charge on any atom is -0.494 e. The molecule has 0 aliphatic carbocycles. The number of benzene rings is 2. The maximum absolute atomic E-state index is 11.3. The summed E-state index contributed by atoms with van der Waals surface area (Å²) in [6, 6.07) is 12.7. The molecule has 0 aromatic heterocycles. The maximum Gasteiger partial charge on any atom is 0.336 e. The summed E-state index contributed by atoms with van der Waals surface area (Å²) < 4.78 is 5.44. The fourth-order valence-corrected chi connectivity index (χ4v) is 2.10. The molecular weight excluding hydrogens is 240 g/mol. The molecule has 0 aliphatic rings. The molecule has 1 N–H and O–H groups in total. The van der Waals surface area contributed by atoms with Crippen molar-refractivity contribution in [1.29, 1.82) is 0 Å². The second-order valence-corrected chi connectivity index (χ2v) is 4.26. The number of hydrogen-bond acceptors (Lipinski definition) is 2. The molecule has 0 heterocycles. The molecule has 2 rings (SSSR count). The first-order chi connectivity index (χ1) is 9.13. The number of ether oxygens (including phenoxy) is 1. The molecule has 2 aromatic carbocycles. The first-order valence-electron chi connectivity index (χ1n) is 6.19. The van der Waals surface area contributed by atoms with Crippen molar-refractivity contribution < 1.29 is 14.6 Å². The van der Waals surface area contributed by atoms with Crippen LogP contribution in [0.4, 0.5) is 0 Å². The molecule has 0 atom stereocenters. The summed E-state index contributed by atoms with van der Waals surface area (Å²) >= 11 is 0. The summed E-state index contributed by atoms with van der Waals surface area (Å²) in [4.78, 5) is 11.3. The number of aryl methyl sites for hydroxylation is 1. The molecule has 0 aliphatic heterocycles. The average Bonchev–Trinajstić information content (AvgIpc) is 2.39. The molecule has 0 saturated heterocycles. The Kier molecular flexibility index (Phi) is 3.85. The Labute approximate surface area is 112 Å². The van der Waals surface area contributed by atoms with E-state index in [2.05, 4.69) is 0 Å². The number of rotatable bonds is 4. The van der Waals surface area contributed by atoms with Gasteiger partial charge in [-0.05, 0) is 48.7 Å². The zero-order chi connectivity index (χ0) is 13.8. The van der Waals surface area contributed by atoms with E-state index in [0.717, 1.165) is 22.4 Å². The van der Waals surface area contributed by atoms with Gasteiger partial charge in [-0.15, -0.1) is 0 Å². The standard InChI is InChI=1S/C16H16O3/c1-3-19-12-8-9-13(11(2)10-12)14-6-4-5-7-15(14)16(17)18/h4-10H,3H2,1-2H3,(H,17,18). The van der Waals surface area contributed by atoms with Crippen LogP contribution in [-0.2, 0) is 0 Å². The molecule has 0 bridgehead atoms. The topological polar surface area (TPSA) is 46.5 Å². The van der Waals surface area contributed by atoms with E-state index < -0.39 is 5.97 Å². The number of carboxylic acid groups (broad SMARTS) is 1. The largest absolute Gasteiger partial charge is 0.494 e. The highest BCUT2D eigenvalue weighted by atomic mass is 16.5. The fourth-order valence-electron chi connectivity index (χ4n) is 2.10. The van der Waals surface area contributed by atoms with Crippen LogP contribution >= 0.6 is 0 Å². The second-order valence-electron chi connectivity index (χ2n) is 4.26. The van der Waals surface area contributed by atoms with Gasteiger partial charge in [-0.2, -0.15) is 0 Å². The molecule has 0 saturated carbocycles. The molecule has 3 heteroatoms. The van der Waals surface area contributed by atoms with Crippen LogP contribution in [0.2, 0.25) is 0 Å². The quantitative estimate of drug-likeness (QED) is 0.906. The van der Waals surface area contributed by atoms with Crippen molar-refractivity contribution in [3.05, 3.63) is 53.6 Å². The molecular formula is C16H16O3. The van der Waals surface area contributed by atoms with Gasteiger partial charge in [-0.25, -0.2) is 4.79 Å². The third kappa shape index (κ3) is 2.76. The van der Waals surface area contributed by atoms with Gasteiger partial charge >= 0.3 is 5.97 Å². The molecule has 0 radical (unpaired) electrons. The van der Waals surface area contributed by atoms with Crippen molar-refractivity contribution in [1.82, 2.24) is 0 Å². The third-order valence-electron chi connectivity index (χ3n) is 2.96. The molecule has 19 heavy (non-hydrogen) atoms. The summed E-state index contributed by atoms with van der Waals surface area (Å²) in [6.45, 7) is 4.50. The van der Waals surface area contributed by atoms with Gasteiger partial charge < -0.3 is 9.84 Å². The summed E-state index contributed by atoms with van der Waals surface area (Å²) in [7, 11) is 0. The van der Waals surface area contributed by atoms with E-state index in [-0.39, 0.29) is 0 Å². The molecule has 98 valence electrons. The summed E-state index contributed by atoms with van der Waals surface area (Å²) in [5.41, 5.74) is 2.96. The van der Waals surface area contributed by atoms with Gasteiger partial charge in [0.05, 0.1) is 12.2 Å². The second kappa shape index (κ2) is 5.57. The summed E-state index contributed by atoms with van der Waals surface area (Å²) in [6.07, 6.45) is 0. The number of carbonyl (C=O) groups is 1. The Morgan fingerprint density at radius 3 is 2.53 bits per heavy atom. The lowest BCUT2D eigenvalue weighted by Gasteiger charge is -2.11. The van der Waals surface area contributed by atoms with Gasteiger partial charge in [0.15, 0.2) is 0 Å². The van der Waals surface area contributed by atoms with Crippen LogP contribution in [0.25, 0.3) is 11.1 Å². The minimum absolute atomic E-state index is 0.315.